The van der Waals surface area contributed by atoms with E-state index >= 15 is 0 Å². The summed E-state index contributed by atoms with van der Waals surface area (Å²) in [7, 11) is 0. The van der Waals surface area contributed by atoms with Gasteiger partial charge in [0.25, 0.3) is 0 Å². The van der Waals surface area contributed by atoms with Gasteiger partial charge in [0.05, 0.1) is 6.54 Å². The quantitative estimate of drug-likeness (QED) is 0.202. The van der Waals surface area contributed by atoms with Crippen LogP contribution < -0.4 is 0 Å². The van der Waals surface area contributed by atoms with Gasteiger partial charge in [0, 0.05) is 42.1 Å². The molecule has 9 aromatic rings. The molecule has 0 aliphatic rings. The molecule has 4 nitrogen and oxygen atoms in total. The fourth-order valence-electron chi connectivity index (χ4n) is 6.32. The molecule has 0 saturated carbocycles. The van der Waals surface area contributed by atoms with Crippen molar-refractivity contribution in [2.45, 2.75) is 6.54 Å². The molecule has 44 heavy (non-hydrogen) atoms. The number of aromatic nitrogens is 3. The van der Waals surface area contributed by atoms with E-state index < -0.39 is 0 Å². The lowest BCUT2D eigenvalue weighted by Gasteiger charge is -2.10. The first-order valence-electron chi connectivity index (χ1n) is 14.7. The Morgan fingerprint density at radius 1 is 0.591 bits per heavy atom. The third-order valence-electron chi connectivity index (χ3n) is 8.35. The summed E-state index contributed by atoms with van der Waals surface area (Å²) >= 11 is 1.85. The molecule has 208 valence electrons. The third kappa shape index (κ3) is 4.05. The Balaban J connectivity index is 1.21. The van der Waals surface area contributed by atoms with Crippen LogP contribution in [0.3, 0.4) is 0 Å². The number of nitrogens with zero attached hydrogens (tertiary/aromatic N) is 3. The van der Waals surface area contributed by atoms with E-state index in [0.717, 1.165) is 44.5 Å². The number of fused-ring (bicyclic) bond motifs is 6. The molecule has 0 radical (unpaired) electrons. The van der Waals surface area contributed by atoms with Gasteiger partial charge in [-0.2, -0.15) is 5.10 Å². The van der Waals surface area contributed by atoms with Gasteiger partial charge in [-0.1, -0.05) is 115 Å². The standard InChI is InChI=1S/C39H25N3OS/c1-2-11-25(12-3-1)38-40-39(42(41-38)24-28-15-9-21-34-36(28)32-17-4-6-20-33(32)43-34)27-14-8-13-26(23-27)29-18-10-19-31-30-16-5-7-22-35(30)44-37(29)31/h1-23H,24H2. The molecular formula is C39H25N3OS. The van der Waals surface area contributed by atoms with Crippen molar-refractivity contribution in [3.63, 3.8) is 0 Å². The summed E-state index contributed by atoms with van der Waals surface area (Å²) in [5.74, 6) is 1.54. The van der Waals surface area contributed by atoms with Crippen molar-refractivity contribution in [2.75, 3.05) is 0 Å². The summed E-state index contributed by atoms with van der Waals surface area (Å²) in [6, 6.07) is 48.6. The molecule has 9 rings (SSSR count). The molecule has 3 aromatic heterocycles. The molecule has 0 bridgehead atoms. The summed E-state index contributed by atoms with van der Waals surface area (Å²) in [5, 5.41) is 9.91. The molecule has 6 aromatic carbocycles. The molecule has 0 N–H and O–H groups in total. The summed E-state index contributed by atoms with van der Waals surface area (Å²) in [4.78, 5) is 5.14. The molecule has 0 aliphatic heterocycles. The highest BCUT2D eigenvalue weighted by atomic mass is 32.1. The summed E-state index contributed by atoms with van der Waals surface area (Å²) in [6.07, 6.45) is 0. The number of hydrogen-bond donors (Lipinski definition) is 0. The number of furan rings is 1. The predicted molar refractivity (Wildman–Crippen MR) is 182 cm³/mol. The summed E-state index contributed by atoms with van der Waals surface area (Å²) in [5.41, 5.74) is 7.33. The Morgan fingerprint density at radius 2 is 1.30 bits per heavy atom. The Labute approximate surface area is 257 Å². The van der Waals surface area contributed by atoms with Crippen molar-refractivity contribution < 1.29 is 4.42 Å². The van der Waals surface area contributed by atoms with Crippen molar-refractivity contribution in [2.24, 2.45) is 0 Å². The number of para-hydroxylation sites is 1. The van der Waals surface area contributed by atoms with E-state index in [1.807, 2.05) is 52.4 Å². The Kier molecular flexibility index (Phi) is 5.71. The Hall–Kier alpha value is -5.52. The van der Waals surface area contributed by atoms with E-state index in [1.165, 1.54) is 31.3 Å². The van der Waals surface area contributed by atoms with E-state index in [0.29, 0.717) is 12.4 Å². The SMILES string of the molecule is c1ccc(-c2nc(-c3cccc(-c4cccc5c4sc4ccccc45)c3)n(Cc3cccc4oc5ccccc5c34)n2)cc1. The van der Waals surface area contributed by atoms with Crippen LogP contribution in [-0.4, -0.2) is 14.8 Å². The molecule has 0 saturated heterocycles. The van der Waals surface area contributed by atoms with Gasteiger partial charge in [0.1, 0.15) is 11.2 Å². The average molecular weight is 584 g/mol. The minimum absolute atomic E-state index is 0.562. The molecule has 3 heterocycles. The van der Waals surface area contributed by atoms with E-state index in [4.69, 9.17) is 14.5 Å². The van der Waals surface area contributed by atoms with Crippen molar-refractivity contribution in [1.82, 2.24) is 14.8 Å². The molecule has 0 aliphatic carbocycles. The molecule has 0 amide bonds. The Bertz CT molecular complexity index is 2490. The number of rotatable bonds is 5. The second kappa shape index (κ2) is 10.0. The van der Waals surface area contributed by atoms with Crippen LogP contribution in [0, 0.1) is 0 Å². The average Bonchev–Trinajstić information content (AvgIpc) is 3.79. The lowest BCUT2D eigenvalue weighted by molar-refractivity contribution is 0.667. The maximum Gasteiger partial charge on any atom is 0.181 e. The first-order chi connectivity index (χ1) is 21.8. The number of benzene rings is 6. The molecule has 0 spiro atoms. The number of hydrogen-bond acceptors (Lipinski definition) is 4. The zero-order valence-electron chi connectivity index (χ0n) is 23.6. The second-order valence-corrected chi connectivity index (χ2v) is 12.1. The van der Waals surface area contributed by atoms with Crippen molar-refractivity contribution in [3.8, 4) is 33.9 Å². The zero-order chi connectivity index (χ0) is 29.0. The van der Waals surface area contributed by atoms with Gasteiger partial charge < -0.3 is 4.42 Å². The van der Waals surface area contributed by atoms with Gasteiger partial charge in [0.2, 0.25) is 0 Å². The van der Waals surface area contributed by atoms with E-state index in [2.05, 4.69) is 103 Å². The van der Waals surface area contributed by atoms with Gasteiger partial charge in [-0.15, -0.1) is 11.3 Å². The second-order valence-electron chi connectivity index (χ2n) is 11.0. The molecule has 0 fully saturated rings. The van der Waals surface area contributed by atoms with Gasteiger partial charge in [-0.3, -0.25) is 0 Å². The van der Waals surface area contributed by atoms with Gasteiger partial charge >= 0.3 is 0 Å². The lowest BCUT2D eigenvalue weighted by atomic mass is 10.0. The first kappa shape index (κ1) is 25.0. The Morgan fingerprint density at radius 3 is 2.23 bits per heavy atom. The fourth-order valence-corrected chi connectivity index (χ4v) is 7.56. The van der Waals surface area contributed by atoms with Crippen LogP contribution in [-0.2, 0) is 6.54 Å². The van der Waals surface area contributed by atoms with Crippen LogP contribution >= 0.6 is 11.3 Å². The van der Waals surface area contributed by atoms with Crippen LogP contribution in [0.1, 0.15) is 5.56 Å². The van der Waals surface area contributed by atoms with Gasteiger partial charge in [0.15, 0.2) is 11.6 Å². The highest BCUT2D eigenvalue weighted by Gasteiger charge is 2.18. The molecule has 0 atom stereocenters. The fraction of sp³-hybridized carbons (Fsp3) is 0.0256. The predicted octanol–water partition coefficient (Wildman–Crippen LogP) is 10.6. The molecule has 0 unspecified atom stereocenters. The van der Waals surface area contributed by atoms with E-state index in [-0.39, 0.29) is 0 Å². The summed E-state index contributed by atoms with van der Waals surface area (Å²) in [6.45, 7) is 0.562. The van der Waals surface area contributed by atoms with Crippen LogP contribution in [0.15, 0.2) is 144 Å². The largest absolute Gasteiger partial charge is 0.456 e. The minimum Gasteiger partial charge on any atom is -0.456 e. The minimum atomic E-state index is 0.562. The highest BCUT2D eigenvalue weighted by Crippen LogP contribution is 2.40. The smallest absolute Gasteiger partial charge is 0.181 e. The zero-order valence-corrected chi connectivity index (χ0v) is 24.5. The molecular weight excluding hydrogens is 559 g/mol. The topological polar surface area (TPSA) is 43.9 Å². The van der Waals surface area contributed by atoms with E-state index in [9.17, 15) is 0 Å². The van der Waals surface area contributed by atoms with Crippen molar-refractivity contribution in [3.05, 3.63) is 145 Å². The highest BCUT2D eigenvalue weighted by molar-refractivity contribution is 7.26. The van der Waals surface area contributed by atoms with Gasteiger partial charge in [-0.25, -0.2) is 9.67 Å². The van der Waals surface area contributed by atoms with Crippen LogP contribution in [0.2, 0.25) is 0 Å². The van der Waals surface area contributed by atoms with Crippen LogP contribution in [0.4, 0.5) is 0 Å². The maximum atomic E-state index is 6.20. The van der Waals surface area contributed by atoms with Crippen molar-refractivity contribution >= 4 is 53.4 Å². The first-order valence-corrected chi connectivity index (χ1v) is 15.5. The normalized spacial score (nSPS) is 11.7. The maximum absolute atomic E-state index is 6.20. The van der Waals surface area contributed by atoms with E-state index in [1.54, 1.807) is 0 Å². The monoisotopic (exact) mass is 583 g/mol. The van der Waals surface area contributed by atoms with Gasteiger partial charge in [-0.05, 0) is 41.0 Å². The lowest BCUT2D eigenvalue weighted by Crippen LogP contribution is -2.05. The third-order valence-corrected chi connectivity index (χ3v) is 9.57. The summed E-state index contributed by atoms with van der Waals surface area (Å²) < 4.78 is 10.8. The van der Waals surface area contributed by atoms with Crippen LogP contribution in [0.25, 0.3) is 76.0 Å². The number of thiophene rings is 1. The van der Waals surface area contributed by atoms with Crippen LogP contribution in [0.5, 0.6) is 0 Å². The molecule has 5 heteroatoms. The van der Waals surface area contributed by atoms with Crippen molar-refractivity contribution in [1.29, 1.82) is 0 Å².